The van der Waals surface area contributed by atoms with Gasteiger partial charge in [-0.15, -0.1) is 0 Å². The number of hydrogen-bond acceptors (Lipinski definition) is 4. The molecule has 3 rings (SSSR count). The Balaban J connectivity index is 2.35. The van der Waals surface area contributed by atoms with Crippen molar-refractivity contribution >= 4 is 24.9 Å². The summed E-state index contributed by atoms with van der Waals surface area (Å²) in [6, 6.07) is 15.1. The molecule has 0 saturated carbocycles. The van der Waals surface area contributed by atoms with E-state index in [1.807, 2.05) is 0 Å². The lowest BCUT2D eigenvalue weighted by atomic mass is 9.78. The number of pyridine rings is 1. The van der Waals surface area contributed by atoms with Crippen molar-refractivity contribution in [1.82, 2.24) is 4.98 Å². The fraction of sp³-hybridized carbons (Fsp3) is 0.250. The van der Waals surface area contributed by atoms with Crippen molar-refractivity contribution in [2.75, 3.05) is 0 Å². The Kier molecular flexibility index (Phi) is 6.80. The predicted molar refractivity (Wildman–Crippen MR) is 120 cm³/mol. The molecule has 0 amide bonds. The highest BCUT2D eigenvalue weighted by Crippen LogP contribution is 2.50. The summed E-state index contributed by atoms with van der Waals surface area (Å²) in [6.45, 7) is 3.39. The third-order valence-corrected chi connectivity index (χ3v) is 6.60. The van der Waals surface area contributed by atoms with Gasteiger partial charge in [-0.1, -0.05) is 62.1 Å². The smallest absolute Gasteiger partial charge is 0.335 e. The molecule has 0 fully saturated rings. The Morgan fingerprint density at radius 3 is 2.38 bits per heavy atom. The zero-order chi connectivity index (χ0) is 23.5. The van der Waals surface area contributed by atoms with Gasteiger partial charge in [0.2, 0.25) is 13.2 Å². The summed E-state index contributed by atoms with van der Waals surface area (Å²) < 4.78 is 26.1. The number of carboxylic acids is 1. The summed E-state index contributed by atoms with van der Waals surface area (Å²) in [5, 5.41) is 20.1. The van der Waals surface area contributed by atoms with Gasteiger partial charge in [0.15, 0.2) is 0 Å². The molecule has 3 atom stereocenters. The molecule has 0 radical (unpaired) electrons. The van der Waals surface area contributed by atoms with Gasteiger partial charge >= 0.3 is 5.97 Å². The minimum absolute atomic E-state index is 0.117. The number of carbonyl (C=O) groups is 1. The number of benzene rings is 2. The SMILES string of the molecule is CC(C)C#CC(C(=O)O)([PH](=O)O)C(O)(Cc1ccc(F)cc1)c1ccc2ccccc2n1. The highest BCUT2D eigenvalue weighted by atomic mass is 31.1. The maximum Gasteiger partial charge on any atom is 0.335 e. The van der Waals surface area contributed by atoms with E-state index in [-0.39, 0.29) is 11.6 Å². The molecular weight excluding hydrogens is 432 g/mol. The van der Waals surface area contributed by atoms with Gasteiger partial charge in [0.25, 0.3) is 0 Å². The Bertz CT molecular complexity index is 1220. The van der Waals surface area contributed by atoms with E-state index in [1.54, 1.807) is 44.2 Å². The average molecular weight is 455 g/mol. The van der Waals surface area contributed by atoms with Crippen LogP contribution in [0.25, 0.3) is 10.9 Å². The van der Waals surface area contributed by atoms with Crippen LogP contribution in [0.2, 0.25) is 0 Å². The molecule has 3 N–H and O–H groups in total. The maximum absolute atomic E-state index is 13.4. The van der Waals surface area contributed by atoms with E-state index in [9.17, 15) is 28.9 Å². The summed E-state index contributed by atoms with van der Waals surface area (Å²) >= 11 is 0. The Labute approximate surface area is 185 Å². The topological polar surface area (TPSA) is 108 Å². The van der Waals surface area contributed by atoms with Gasteiger partial charge < -0.3 is 15.1 Å². The van der Waals surface area contributed by atoms with Crippen LogP contribution in [0.15, 0.2) is 60.7 Å². The van der Waals surface area contributed by atoms with Crippen LogP contribution < -0.4 is 0 Å². The second-order valence-electron chi connectivity index (χ2n) is 7.84. The van der Waals surface area contributed by atoms with Gasteiger partial charge in [-0.3, -0.25) is 4.57 Å². The molecule has 6 nitrogen and oxygen atoms in total. The first kappa shape index (κ1) is 23.6. The highest BCUT2D eigenvalue weighted by molar-refractivity contribution is 7.42. The van der Waals surface area contributed by atoms with E-state index >= 15 is 0 Å². The van der Waals surface area contributed by atoms with Gasteiger partial charge in [-0.2, -0.15) is 0 Å². The van der Waals surface area contributed by atoms with Gasteiger partial charge in [-0.05, 0) is 29.8 Å². The van der Waals surface area contributed by atoms with Crippen LogP contribution in [0, 0.1) is 23.6 Å². The van der Waals surface area contributed by atoms with E-state index in [0.717, 1.165) is 17.5 Å². The lowest BCUT2D eigenvalue weighted by molar-refractivity contribution is -0.146. The molecule has 1 heterocycles. The molecule has 166 valence electrons. The lowest BCUT2D eigenvalue weighted by Gasteiger charge is -2.39. The Hall–Kier alpha value is -3.04. The predicted octanol–water partition coefficient (Wildman–Crippen LogP) is 3.75. The minimum atomic E-state index is -4.00. The molecule has 0 aliphatic carbocycles. The van der Waals surface area contributed by atoms with Crippen molar-refractivity contribution in [2.24, 2.45) is 5.92 Å². The number of halogens is 1. The minimum Gasteiger partial charge on any atom is -0.480 e. The average Bonchev–Trinajstić information content (AvgIpc) is 2.74. The van der Waals surface area contributed by atoms with E-state index in [2.05, 4.69) is 16.8 Å². The van der Waals surface area contributed by atoms with Gasteiger partial charge in [-0.25, -0.2) is 14.2 Å². The largest absolute Gasteiger partial charge is 0.480 e. The third kappa shape index (κ3) is 4.31. The molecular formula is C24H23FNO5P. The van der Waals surface area contributed by atoms with Crippen LogP contribution in [0.4, 0.5) is 4.39 Å². The highest BCUT2D eigenvalue weighted by Gasteiger charge is 2.61. The Morgan fingerprint density at radius 2 is 1.78 bits per heavy atom. The van der Waals surface area contributed by atoms with Crippen LogP contribution in [-0.2, 0) is 21.4 Å². The van der Waals surface area contributed by atoms with E-state index < -0.39 is 37.0 Å². The zero-order valence-corrected chi connectivity index (χ0v) is 18.5. The van der Waals surface area contributed by atoms with Crippen molar-refractivity contribution in [3.8, 4) is 11.8 Å². The van der Waals surface area contributed by atoms with Crippen molar-refractivity contribution in [3.05, 3.63) is 77.7 Å². The van der Waals surface area contributed by atoms with E-state index in [0.29, 0.717) is 11.1 Å². The number of carboxylic acid groups (broad SMARTS) is 1. The number of aromatic nitrogens is 1. The molecule has 1 aromatic heterocycles. The second-order valence-corrected chi connectivity index (χ2v) is 9.20. The molecule has 0 spiro atoms. The summed E-state index contributed by atoms with van der Waals surface area (Å²) in [5.41, 5.74) is -1.79. The van der Waals surface area contributed by atoms with Crippen LogP contribution in [0.3, 0.4) is 0 Å². The maximum atomic E-state index is 13.4. The number of para-hydroxylation sites is 1. The molecule has 0 bridgehead atoms. The monoisotopic (exact) mass is 455 g/mol. The van der Waals surface area contributed by atoms with E-state index in [4.69, 9.17) is 0 Å². The molecule has 0 aliphatic heterocycles. The lowest BCUT2D eigenvalue weighted by Crippen LogP contribution is -2.55. The number of aliphatic hydroxyl groups is 1. The fourth-order valence-electron chi connectivity index (χ4n) is 3.52. The quantitative estimate of drug-likeness (QED) is 0.386. The van der Waals surface area contributed by atoms with Crippen molar-refractivity contribution in [1.29, 1.82) is 0 Å². The van der Waals surface area contributed by atoms with Crippen molar-refractivity contribution in [3.63, 3.8) is 0 Å². The van der Waals surface area contributed by atoms with Crippen LogP contribution in [0.5, 0.6) is 0 Å². The molecule has 3 unspecified atom stereocenters. The third-order valence-electron chi connectivity index (χ3n) is 5.21. The zero-order valence-electron chi connectivity index (χ0n) is 17.5. The number of rotatable bonds is 6. The van der Waals surface area contributed by atoms with Gasteiger partial charge in [0.1, 0.15) is 11.4 Å². The summed E-state index contributed by atoms with van der Waals surface area (Å²) in [7, 11) is -4.00. The molecule has 0 saturated heterocycles. The van der Waals surface area contributed by atoms with Crippen LogP contribution in [0.1, 0.15) is 25.1 Å². The number of fused-ring (bicyclic) bond motifs is 1. The number of nitrogens with zero attached hydrogens (tertiary/aromatic N) is 1. The second kappa shape index (κ2) is 9.22. The van der Waals surface area contributed by atoms with Crippen LogP contribution in [-0.4, -0.2) is 31.2 Å². The van der Waals surface area contributed by atoms with Gasteiger partial charge in [0.05, 0.1) is 11.2 Å². The molecule has 2 aromatic carbocycles. The summed E-state index contributed by atoms with van der Waals surface area (Å²) in [5.74, 6) is 2.49. The van der Waals surface area contributed by atoms with E-state index in [1.165, 1.54) is 18.2 Å². The van der Waals surface area contributed by atoms with Crippen molar-refractivity contribution < 1.29 is 28.9 Å². The molecule has 3 aromatic rings. The normalized spacial score (nSPS) is 15.9. The summed E-state index contributed by atoms with van der Waals surface area (Å²) in [6.07, 6.45) is -0.422. The molecule has 0 aliphatic rings. The summed E-state index contributed by atoms with van der Waals surface area (Å²) in [4.78, 5) is 27.2. The Morgan fingerprint density at radius 1 is 1.12 bits per heavy atom. The first-order valence-electron chi connectivity index (χ1n) is 9.93. The molecule has 32 heavy (non-hydrogen) atoms. The first-order chi connectivity index (χ1) is 15.1. The number of aliphatic carboxylic acids is 1. The van der Waals surface area contributed by atoms with Crippen LogP contribution >= 0.6 is 8.03 Å². The fourth-order valence-corrected chi connectivity index (χ4v) is 4.45. The van der Waals surface area contributed by atoms with Gasteiger partial charge in [0, 0.05) is 17.7 Å². The number of hydrogen-bond donors (Lipinski definition) is 3. The van der Waals surface area contributed by atoms with Crippen molar-refractivity contribution in [2.45, 2.75) is 31.0 Å². The standard InChI is InChI=1S/C24H23FNO5P/c1-16(2)13-14-24(22(27)28,32(30)31)23(29,15-17-7-10-19(25)11-8-17)21-12-9-18-5-3-4-6-20(18)26-21/h3-12,16,29,32H,15H2,1-2H3,(H,27,28)(H,30,31). The first-order valence-corrected chi connectivity index (χ1v) is 11.3. The molecule has 8 heteroatoms.